The summed E-state index contributed by atoms with van der Waals surface area (Å²) in [7, 11) is -0.278. The molecule has 0 unspecified atom stereocenters. The van der Waals surface area contributed by atoms with Gasteiger partial charge in [0.05, 0.1) is 5.75 Å². The van der Waals surface area contributed by atoms with Gasteiger partial charge in [-0.1, -0.05) is 17.7 Å². The van der Waals surface area contributed by atoms with Gasteiger partial charge in [-0.15, -0.1) is 0 Å². The second-order valence-electron chi connectivity index (χ2n) is 3.98. The quantitative estimate of drug-likeness (QED) is 0.808. The van der Waals surface area contributed by atoms with Crippen LogP contribution in [0.5, 0.6) is 0 Å². The Morgan fingerprint density at radius 1 is 1.39 bits per heavy atom. The van der Waals surface area contributed by atoms with Crippen LogP contribution in [-0.2, 0) is 16.6 Å². The van der Waals surface area contributed by atoms with Crippen LogP contribution < -0.4 is 5.32 Å². The van der Waals surface area contributed by atoms with Crippen LogP contribution in [0.1, 0.15) is 5.56 Å². The second-order valence-corrected chi connectivity index (χ2v) is 6.68. The molecule has 0 aliphatic rings. The zero-order valence-electron chi connectivity index (χ0n) is 10.3. The summed E-state index contributed by atoms with van der Waals surface area (Å²) in [6.45, 7) is 0.444. The lowest BCUT2D eigenvalue weighted by molar-refractivity contribution is 0.516. The van der Waals surface area contributed by atoms with E-state index in [0.29, 0.717) is 10.6 Å². The zero-order valence-corrected chi connectivity index (χ0v) is 11.9. The molecule has 0 spiro atoms. The van der Waals surface area contributed by atoms with Gasteiger partial charge in [0.1, 0.15) is 5.82 Å². The number of sulfonamides is 1. The first kappa shape index (κ1) is 15.4. The highest BCUT2D eigenvalue weighted by Gasteiger charge is 2.13. The summed E-state index contributed by atoms with van der Waals surface area (Å²) in [6.07, 6.45) is 0. The number of benzene rings is 1. The Balaban J connectivity index is 2.49. The highest BCUT2D eigenvalue weighted by Crippen LogP contribution is 2.18. The Bertz CT molecular complexity index is 486. The lowest BCUT2D eigenvalue weighted by atomic mass is 10.2. The summed E-state index contributed by atoms with van der Waals surface area (Å²) in [6, 6.07) is 4.44. The van der Waals surface area contributed by atoms with Gasteiger partial charge >= 0.3 is 0 Å². The minimum atomic E-state index is -3.23. The smallest absolute Gasteiger partial charge is 0.214 e. The summed E-state index contributed by atoms with van der Waals surface area (Å²) in [5, 5.41) is 3.20. The van der Waals surface area contributed by atoms with Crippen LogP contribution in [0.3, 0.4) is 0 Å². The van der Waals surface area contributed by atoms with Gasteiger partial charge in [-0.05, 0) is 12.1 Å². The van der Waals surface area contributed by atoms with Crippen LogP contribution in [-0.4, -0.2) is 39.1 Å². The Morgan fingerprint density at radius 3 is 2.61 bits per heavy atom. The summed E-state index contributed by atoms with van der Waals surface area (Å²) < 4.78 is 37.5. The fraction of sp³-hybridized carbons (Fsp3) is 0.455. The van der Waals surface area contributed by atoms with E-state index in [1.807, 2.05) is 0 Å². The van der Waals surface area contributed by atoms with Crippen LogP contribution in [0.2, 0.25) is 5.02 Å². The number of halogens is 2. The van der Waals surface area contributed by atoms with Gasteiger partial charge in [-0.3, -0.25) is 0 Å². The SMILES string of the molecule is CN(C)S(=O)(=O)CCNCc1c(F)cccc1Cl. The molecule has 4 nitrogen and oxygen atoms in total. The van der Waals surface area contributed by atoms with Crippen molar-refractivity contribution in [3.63, 3.8) is 0 Å². The minimum Gasteiger partial charge on any atom is -0.311 e. The van der Waals surface area contributed by atoms with Crippen LogP contribution in [0.15, 0.2) is 18.2 Å². The summed E-state index contributed by atoms with van der Waals surface area (Å²) in [4.78, 5) is 0. The molecule has 0 amide bonds. The molecule has 1 N–H and O–H groups in total. The van der Waals surface area contributed by atoms with Crippen molar-refractivity contribution < 1.29 is 12.8 Å². The van der Waals surface area contributed by atoms with Crippen molar-refractivity contribution in [1.82, 2.24) is 9.62 Å². The average Bonchev–Trinajstić information content (AvgIpc) is 2.27. The van der Waals surface area contributed by atoms with Crippen molar-refractivity contribution in [3.05, 3.63) is 34.6 Å². The second kappa shape index (κ2) is 6.47. The monoisotopic (exact) mass is 294 g/mol. The Kier molecular flexibility index (Phi) is 5.52. The molecule has 0 fully saturated rings. The molecule has 18 heavy (non-hydrogen) atoms. The molecule has 0 atom stereocenters. The first-order valence-electron chi connectivity index (χ1n) is 5.38. The molecule has 7 heteroatoms. The molecule has 0 radical (unpaired) electrons. The number of hydrogen-bond acceptors (Lipinski definition) is 3. The lowest BCUT2D eigenvalue weighted by Crippen LogP contribution is -2.31. The molecule has 0 aliphatic carbocycles. The first-order valence-corrected chi connectivity index (χ1v) is 7.37. The van der Waals surface area contributed by atoms with Crippen molar-refractivity contribution in [2.75, 3.05) is 26.4 Å². The molecule has 1 aromatic carbocycles. The summed E-state index contributed by atoms with van der Waals surface area (Å²) in [5.74, 6) is -0.433. The van der Waals surface area contributed by atoms with E-state index in [4.69, 9.17) is 11.6 Å². The predicted molar refractivity (Wildman–Crippen MR) is 70.6 cm³/mol. The standard InChI is InChI=1S/C11H16ClFN2O2S/c1-15(2)18(16,17)7-6-14-8-9-10(12)4-3-5-11(9)13/h3-5,14H,6-8H2,1-2H3. The van der Waals surface area contributed by atoms with Crippen LogP contribution in [0.4, 0.5) is 4.39 Å². The Morgan fingerprint density at radius 2 is 2.06 bits per heavy atom. The van der Waals surface area contributed by atoms with E-state index in [2.05, 4.69) is 5.32 Å². The van der Waals surface area contributed by atoms with Crippen molar-refractivity contribution in [2.45, 2.75) is 6.54 Å². The molecule has 0 heterocycles. The molecule has 1 rings (SSSR count). The zero-order chi connectivity index (χ0) is 13.8. The number of nitrogens with one attached hydrogen (secondary N) is 1. The van der Waals surface area contributed by atoms with Crippen molar-refractivity contribution >= 4 is 21.6 Å². The van der Waals surface area contributed by atoms with Crippen molar-refractivity contribution in [3.8, 4) is 0 Å². The summed E-state index contributed by atoms with van der Waals surface area (Å²) in [5.41, 5.74) is 0.349. The van der Waals surface area contributed by atoms with Crippen LogP contribution in [0.25, 0.3) is 0 Å². The maximum absolute atomic E-state index is 13.4. The molecule has 0 aliphatic heterocycles. The van der Waals surface area contributed by atoms with Gasteiger partial charge in [0.15, 0.2) is 0 Å². The predicted octanol–water partition coefficient (Wildman–Crippen LogP) is 1.46. The Hall–Kier alpha value is -0.690. The van der Waals surface area contributed by atoms with Crippen LogP contribution in [0, 0.1) is 5.82 Å². The topological polar surface area (TPSA) is 49.4 Å². The molecule has 0 bridgehead atoms. The van der Waals surface area contributed by atoms with Gasteiger partial charge in [-0.25, -0.2) is 17.1 Å². The number of nitrogens with zero attached hydrogens (tertiary/aromatic N) is 1. The minimum absolute atomic E-state index is 0.0356. The fourth-order valence-electron chi connectivity index (χ4n) is 1.30. The maximum atomic E-state index is 13.4. The first-order chi connectivity index (χ1) is 8.34. The number of hydrogen-bond donors (Lipinski definition) is 1. The van der Waals surface area contributed by atoms with Crippen molar-refractivity contribution in [1.29, 1.82) is 0 Å². The summed E-state index contributed by atoms with van der Waals surface area (Å²) >= 11 is 5.84. The average molecular weight is 295 g/mol. The highest BCUT2D eigenvalue weighted by atomic mass is 35.5. The molecule has 0 saturated heterocycles. The molecular formula is C11H16ClFN2O2S. The van der Waals surface area contributed by atoms with Crippen LogP contribution >= 0.6 is 11.6 Å². The van der Waals surface area contributed by atoms with Gasteiger partial charge in [-0.2, -0.15) is 0 Å². The van der Waals surface area contributed by atoms with Crippen molar-refractivity contribution in [2.24, 2.45) is 0 Å². The van der Waals surface area contributed by atoms with E-state index in [-0.39, 0.29) is 18.8 Å². The van der Waals surface area contributed by atoms with Gasteiger partial charge < -0.3 is 5.32 Å². The number of rotatable bonds is 6. The van der Waals surface area contributed by atoms with Gasteiger partial charge in [0.25, 0.3) is 0 Å². The Labute approximate surface area is 112 Å². The van der Waals surface area contributed by atoms with E-state index in [1.165, 1.54) is 26.2 Å². The van der Waals surface area contributed by atoms with E-state index in [0.717, 1.165) is 4.31 Å². The third kappa shape index (κ3) is 4.20. The molecule has 0 saturated carbocycles. The third-order valence-electron chi connectivity index (χ3n) is 2.46. The third-order valence-corrected chi connectivity index (χ3v) is 4.64. The van der Waals surface area contributed by atoms with E-state index < -0.39 is 15.8 Å². The van der Waals surface area contributed by atoms with E-state index >= 15 is 0 Å². The molecule has 0 aromatic heterocycles. The van der Waals surface area contributed by atoms with E-state index in [1.54, 1.807) is 6.07 Å². The fourth-order valence-corrected chi connectivity index (χ4v) is 2.30. The normalized spacial score (nSPS) is 12.1. The molecule has 1 aromatic rings. The lowest BCUT2D eigenvalue weighted by Gasteiger charge is -2.12. The van der Waals surface area contributed by atoms with E-state index in [9.17, 15) is 12.8 Å². The van der Waals surface area contributed by atoms with Gasteiger partial charge in [0.2, 0.25) is 10.0 Å². The molecular weight excluding hydrogens is 279 g/mol. The molecule has 102 valence electrons. The van der Waals surface area contributed by atoms with Gasteiger partial charge in [0, 0.05) is 37.8 Å². The maximum Gasteiger partial charge on any atom is 0.214 e. The largest absolute Gasteiger partial charge is 0.311 e. The highest BCUT2D eigenvalue weighted by molar-refractivity contribution is 7.89.